The molecule has 8 heteroatoms. The number of hydrogen-bond acceptors (Lipinski definition) is 3. The molecule has 0 radical (unpaired) electrons. The first-order valence-corrected chi connectivity index (χ1v) is 3.72. The van der Waals surface area contributed by atoms with E-state index in [0.29, 0.717) is 6.35 Å². The zero-order valence-corrected chi connectivity index (χ0v) is 5.26. The molecule has 0 aliphatic carbocycles. The molecule has 0 rings (SSSR count). The van der Waals surface area contributed by atoms with Crippen LogP contribution in [0.2, 0.25) is 0 Å². The fraction of sp³-hybridized carbons (Fsp3) is 0. The van der Waals surface area contributed by atoms with Crippen LogP contribution < -0.4 is 0 Å². The molecule has 0 aromatic rings. The van der Waals surface area contributed by atoms with Crippen LogP contribution in [0.1, 0.15) is 0 Å². The van der Waals surface area contributed by atoms with E-state index in [9.17, 15) is 12.6 Å². The fourth-order valence-electron chi connectivity index (χ4n) is 0.0788. The molecule has 1 atom stereocenters. The Morgan fingerprint density at radius 2 is 2.12 bits per heavy atom. The van der Waals surface area contributed by atoms with Gasteiger partial charge >= 0.3 is 49.7 Å². The van der Waals surface area contributed by atoms with E-state index in [-0.39, 0.29) is 0 Å². The molecular weight excluding hydrogens is 153 g/mol. The van der Waals surface area contributed by atoms with Crippen LogP contribution in [0, 0.1) is 0 Å². The molecule has 0 spiro atoms. The normalized spacial score (nSPS) is 14.2. The first-order valence-electron chi connectivity index (χ1n) is 1.41. The van der Waals surface area contributed by atoms with Crippen LogP contribution in [0.5, 0.6) is 0 Å². The molecule has 0 amide bonds. The Labute approximate surface area is 50.3 Å². The maximum absolute atomic E-state index is 9.55. The SMILES string of the molecule is O=S(O)/N=B/[SH](=O)=O. The van der Waals surface area contributed by atoms with Gasteiger partial charge in [-0.05, 0) is 0 Å². The van der Waals surface area contributed by atoms with Crippen LogP contribution >= 0.6 is 0 Å². The monoisotopic (exact) mass is 155 g/mol. The van der Waals surface area contributed by atoms with Crippen molar-refractivity contribution in [2.24, 2.45) is 4.30 Å². The topological polar surface area (TPSA) is 83.8 Å². The average molecular weight is 155 g/mol. The Morgan fingerprint density at radius 1 is 1.62 bits per heavy atom. The van der Waals surface area contributed by atoms with Crippen LogP contribution in [0.3, 0.4) is 0 Å². The molecule has 0 bridgehead atoms. The summed E-state index contributed by atoms with van der Waals surface area (Å²) in [4.78, 5) is 0. The average Bonchev–Trinajstić information content (AvgIpc) is 1.61. The van der Waals surface area contributed by atoms with Gasteiger partial charge in [0.2, 0.25) is 0 Å². The second-order valence-electron chi connectivity index (χ2n) is 0.737. The van der Waals surface area contributed by atoms with E-state index in [1.165, 1.54) is 0 Å². The molecule has 0 aliphatic rings. The van der Waals surface area contributed by atoms with Gasteiger partial charge in [-0.2, -0.15) is 0 Å². The van der Waals surface area contributed by atoms with Gasteiger partial charge in [0.1, 0.15) is 0 Å². The van der Waals surface area contributed by atoms with Crippen molar-refractivity contribution in [1.82, 2.24) is 0 Å². The standard InChI is InChI=1S/BH2NO4S2/c3-7(4)1-2-8(5)6/h7H,(H,5,6). The van der Waals surface area contributed by atoms with Gasteiger partial charge < -0.3 is 0 Å². The predicted octanol–water partition coefficient (Wildman–Crippen LogP) is -1.46. The van der Waals surface area contributed by atoms with Crippen molar-refractivity contribution in [3.8, 4) is 0 Å². The fourth-order valence-corrected chi connectivity index (χ4v) is 0.709. The van der Waals surface area contributed by atoms with Gasteiger partial charge in [0.05, 0.1) is 0 Å². The molecule has 46 valence electrons. The van der Waals surface area contributed by atoms with E-state index in [4.69, 9.17) is 4.55 Å². The molecule has 1 unspecified atom stereocenters. The molecule has 0 heterocycles. The summed E-state index contributed by atoms with van der Waals surface area (Å²) in [5.74, 6) is 0. The molecule has 5 nitrogen and oxygen atoms in total. The Balaban J connectivity index is 3.86. The number of hydrogen-bond donors (Lipinski definition) is 2. The van der Waals surface area contributed by atoms with E-state index >= 15 is 0 Å². The molecule has 0 aliphatic heterocycles. The second kappa shape index (κ2) is 3.87. The Hall–Kier alpha value is -0.0751. The minimum atomic E-state index is -2.78. The van der Waals surface area contributed by atoms with Crippen molar-refractivity contribution in [3.63, 3.8) is 0 Å². The van der Waals surface area contributed by atoms with Crippen molar-refractivity contribution in [1.29, 1.82) is 0 Å². The van der Waals surface area contributed by atoms with Gasteiger partial charge in [-0.3, -0.25) is 0 Å². The maximum atomic E-state index is 9.55. The van der Waals surface area contributed by atoms with E-state index in [0.717, 1.165) is 0 Å². The quantitative estimate of drug-likeness (QED) is 0.290. The van der Waals surface area contributed by atoms with Crippen molar-refractivity contribution in [3.05, 3.63) is 0 Å². The van der Waals surface area contributed by atoms with E-state index in [2.05, 4.69) is 4.30 Å². The Morgan fingerprint density at radius 3 is 2.25 bits per heavy atom. The molecule has 0 saturated heterocycles. The summed E-state index contributed by atoms with van der Waals surface area (Å²) in [6, 6.07) is 0. The van der Waals surface area contributed by atoms with Crippen LogP contribution in [-0.4, -0.2) is 23.5 Å². The van der Waals surface area contributed by atoms with Crippen LogP contribution in [0.15, 0.2) is 4.30 Å². The van der Waals surface area contributed by atoms with Gasteiger partial charge in [-0.25, -0.2) is 0 Å². The summed E-state index contributed by atoms with van der Waals surface area (Å²) in [7, 11) is -2.78. The van der Waals surface area contributed by atoms with Crippen molar-refractivity contribution in [2.45, 2.75) is 0 Å². The Kier molecular flexibility index (Phi) is 3.83. The third-order valence-corrected chi connectivity index (χ3v) is 0.978. The van der Waals surface area contributed by atoms with Crippen molar-refractivity contribution >= 4 is 28.2 Å². The number of nitrogens with zero attached hydrogens (tertiary/aromatic N) is 1. The number of thiol groups is 1. The van der Waals surface area contributed by atoms with Gasteiger partial charge in [0.25, 0.3) is 0 Å². The first kappa shape index (κ1) is 7.92. The van der Waals surface area contributed by atoms with E-state index in [1.807, 2.05) is 0 Å². The molecule has 0 fully saturated rings. The van der Waals surface area contributed by atoms with Gasteiger partial charge in [0, 0.05) is 0 Å². The molecule has 0 aromatic heterocycles. The van der Waals surface area contributed by atoms with Gasteiger partial charge in [-0.15, -0.1) is 0 Å². The van der Waals surface area contributed by atoms with Crippen LogP contribution in [-0.2, 0) is 21.8 Å². The summed E-state index contributed by atoms with van der Waals surface area (Å²) >= 11 is -2.40. The molecule has 8 heavy (non-hydrogen) atoms. The number of rotatable bonds is 2. The third-order valence-electron chi connectivity index (χ3n) is 0.232. The van der Waals surface area contributed by atoms with Crippen molar-refractivity contribution in [2.75, 3.05) is 0 Å². The third kappa shape index (κ3) is 5.92. The minimum absolute atomic E-state index is 0.394. The summed E-state index contributed by atoms with van der Waals surface area (Å²) in [6.07, 6.45) is 0.394. The van der Waals surface area contributed by atoms with Crippen LogP contribution in [0.4, 0.5) is 0 Å². The molecule has 0 saturated carbocycles. The Bertz CT molecular complexity index is 172. The second-order valence-corrected chi connectivity index (χ2v) is 2.21. The van der Waals surface area contributed by atoms with Crippen molar-refractivity contribution < 1.29 is 17.2 Å². The van der Waals surface area contributed by atoms with Gasteiger partial charge in [0.15, 0.2) is 0 Å². The summed E-state index contributed by atoms with van der Waals surface area (Å²) in [5.41, 5.74) is 0. The predicted molar refractivity (Wildman–Crippen MR) is 29.3 cm³/mol. The molecule has 0 aromatic carbocycles. The zero-order valence-electron chi connectivity index (χ0n) is 3.55. The summed E-state index contributed by atoms with van der Waals surface area (Å²) < 4.78 is 39.1. The molecular formula is H2BNO4S2. The first-order chi connectivity index (χ1) is 3.63. The summed E-state index contributed by atoms with van der Waals surface area (Å²) in [5, 5.41) is 0. The van der Waals surface area contributed by atoms with E-state index < -0.39 is 21.8 Å². The van der Waals surface area contributed by atoms with E-state index in [1.54, 1.807) is 0 Å². The van der Waals surface area contributed by atoms with Crippen LogP contribution in [0.25, 0.3) is 0 Å². The molecule has 1 N–H and O–H groups in total. The zero-order chi connectivity index (χ0) is 6.57. The summed E-state index contributed by atoms with van der Waals surface area (Å²) in [6.45, 7) is 0. The van der Waals surface area contributed by atoms with Gasteiger partial charge in [-0.1, -0.05) is 0 Å².